The summed E-state index contributed by atoms with van der Waals surface area (Å²) in [7, 11) is -0.360. The Labute approximate surface area is 149 Å². The molecule has 0 heterocycles. The number of carbonyl (C=O) groups is 1. The van der Waals surface area contributed by atoms with E-state index in [1.165, 1.54) is 12.7 Å². The Balaban J connectivity index is 2.92. The van der Waals surface area contributed by atoms with Crippen molar-refractivity contribution in [3.63, 3.8) is 0 Å². The van der Waals surface area contributed by atoms with Crippen molar-refractivity contribution in [3.8, 4) is 0 Å². The van der Waals surface area contributed by atoms with Crippen LogP contribution in [0.1, 0.15) is 60.3 Å². The largest absolute Gasteiger partial charge is 0.469 e. The van der Waals surface area contributed by atoms with E-state index in [-0.39, 0.29) is 16.6 Å². The summed E-state index contributed by atoms with van der Waals surface area (Å²) in [6, 6.07) is 0. The maximum absolute atomic E-state index is 12.1. The summed E-state index contributed by atoms with van der Waals surface area (Å²) in [6.07, 6.45) is 7.40. The number of esters is 1. The molecule has 0 unspecified atom stereocenters. The van der Waals surface area contributed by atoms with E-state index in [2.05, 4.69) is 53.4 Å². The van der Waals surface area contributed by atoms with Crippen LogP contribution >= 0.6 is 0 Å². The molecular weight excluding hydrogens is 316 g/mol. The van der Waals surface area contributed by atoms with Crippen molar-refractivity contribution >= 4 is 14.3 Å². The second-order valence-electron chi connectivity index (χ2n) is 8.99. The van der Waals surface area contributed by atoms with E-state index in [0.29, 0.717) is 12.8 Å². The smallest absolute Gasteiger partial charge is 0.312 e. The van der Waals surface area contributed by atoms with Crippen molar-refractivity contribution < 1.29 is 14.0 Å². The SMILES string of the molecule is C=CC[C@](C)(C/C=C(/C)C1(O[Si](C)(C)C(C)(C)C)CC1)C(=O)OC. The molecule has 0 aliphatic heterocycles. The van der Waals surface area contributed by atoms with Gasteiger partial charge in [-0.15, -0.1) is 6.58 Å². The second-order valence-corrected chi connectivity index (χ2v) is 13.7. The Bertz CT molecular complexity index is 509. The topological polar surface area (TPSA) is 35.5 Å². The Hall–Kier alpha value is -0.873. The lowest BCUT2D eigenvalue weighted by molar-refractivity contribution is -0.151. The molecule has 1 atom stereocenters. The monoisotopic (exact) mass is 352 g/mol. The molecule has 0 bridgehead atoms. The van der Waals surface area contributed by atoms with Crippen molar-refractivity contribution in [1.29, 1.82) is 0 Å². The molecule has 0 saturated heterocycles. The molecule has 0 aromatic rings. The standard InChI is InChI=1S/C20H36O3Si/c1-10-12-19(6,17(21)22-7)13-11-16(2)20(14-15-20)23-24(8,9)18(3,4)5/h10-11H,1,12-15H2,2-9H3/b16-11-/t19-/m1/s1. The minimum atomic E-state index is -1.81. The van der Waals surface area contributed by atoms with E-state index < -0.39 is 13.7 Å². The van der Waals surface area contributed by atoms with Crippen LogP contribution in [0.3, 0.4) is 0 Å². The third kappa shape index (κ3) is 4.60. The quantitative estimate of drug-likeness (QED) is 0.322. The summed E-state index contributed by atoms with van der Waals surface area (Å²) in [6.45, 7) is 19.3. The van der Waals surface area contributed by atoms with Crippen molar-refractivity contribution in [2.24, 2.45) is 5.41 Å². The van der Waals surface area contributed by atoms with Crippen LogP contribution in [0.5, 0.6) is 0 Å². The van der Waals surface area contributed by atoms with Gasteiger partial charge in [-0.05, 0) is 63.2 Å². The second kappa shape index (κ2) is 7.16. The summed E-state index contributed by atoms with van der Waals surface area (Å²) in [5.41, 5.74) is 0.602. The van der Waals surface area contributed by atoms with Gasteiger partial charge in [0.1, 0.15) is 0 Å². The van der Waals surface area contributed by atoms with E-state index in [4.69, 9.17) is 9.16 Å². The molecule has 1 rings (SSSR count). The lowest BCUT2D eigenvalue weighted by atomic mass is 9.82. The molecule has 4 heteroatoms. The minimum Gasteiger partial charge on any atom is -0.469 e. The average molecular weight is 353 g/mol. The molecular formula is C20H36O3Si. The first-order chi connectivity index (χ1) is 10.8. The van der Waals surface area contributed by atoms with Crippen LogP contribution < -0.4 is 0 Å². The average Bonchev–Trinajstić information content (AvgIpc) is 3.23. The van der Waals surface area contributed by atoms with Gasteiger partial charge in [0.05, 0.1) is 18.1 Å². The Kier molecular flexibility index (Phi) is 6.32. The number of methoxy groups -OCH3 is 1. The predicted octanol–water partition coefficient (Wildman–Crippen LogP) is 5.63. The van der Waals surface area contributed by atoms with Crippen LogP contribution in [0.2, 0.25) is 18.1 Å². The zero-order valence-corrected chi connectivity index (χ0v) is 17.9. The van der Waals surface area contributed by atoms with E-state index >= 15 is 0 Å². The van der Waals surface area contributed by atoms with E-state index in [0.717, 1.165) is 12.8 Å². The number of carbonyl (C=O) groups excluding carboxylic acids is 1. The summed E-state index contributed by atoms with van der Waals surface area (Å²) in [4.78, 5) is 12.1. The fraction of sp³-hybridized carbons (Fsp3) is 0.750. The predicted molar refractivity (Wildman–Crippen MR) is 104 cm³/mol. The third-order valence-electron chi connectivity index (χ3n) is 5.81. The number of hydrogen-bond acceptors (Lipinski definition) is 3. The molecule has 138 valence electrons. The summed E-state index contributed by atoms with van der Waals surface area (Å²) < 4.78 is 11.7. The highest BCUT2D eigenvalue weighted by Gasteiger charge is 2.52. The maximum atomic E-state index is 12.1. The molecule has 0 aromatic heterocycles. The highest BCUT2D eigenvalue weighted by Crippen LogP contribution is 2.51. The van der Waals surface area contributed by atoms with Gasteiger partial charge in [-0.3, -0.25) is 4.79 Å². The Morgan fingerprint density at radius 3 is 2.12 bits per heavy atom. The summed E-state index contributed by atoms with van der Waals surface area (Å²) >= 11 is 0. The van der Waals surface area contributed by atoms with E-state index in [9.17, 15) is 4.79 Å². The molecule has 1 saturated carbocycles. The van der Waals surface area contributed by atoms with Gasteiger partial charge in [0.2, 0.25) is 0 Å². The number of allylic oxidation sites excluding steroid dienone is 2. The lowest BCUT2D eigenvalue weighted by Crippen LogP contribution is -2.45. The molecule has 1 aliphatic rings. The van der Waals surface area contributed by atoms with Gasteiger partial charge in [0.25, 0.3) is 0 Å². The number of ether oxygens (including phenoxy) is 1. The molecule has 0 aromatic carbocycles. The van der Waals surface area contributed by atoms with Gasteiger partial charge in [-0.1, -0.05) is 32.9 Å². The number of hydrogen-bond donors (Lipinski definition) is 0. The van der Waals surface area contributed by atoms with Gasteiger partial charge >= 0.3 is 5.97 Å². The van der Waals surface area contributed by atoms with Crippen LogP contribution in [-0.4, -0.2) is 27.0 Å². The molecule has 0 N–H and O–H groups in total. The molecule has 1 fully saturated rings. The van der Waals surface area contributed by atoms with Crippen LogP contribution in [0.25, 0.3) is 0 Å². The van der Waals surface area contributed by atoms with Crippen molar-refractivity contribution in [3.05, 3.63) is 24.3 Å². The fourth-order valence-corrected chi connectivity index (χ4v) is 4.36. The highest BCUT2D eigenvalue weighted by atomic mass is 28.4. The molecule has 3 nitrogen and oxygen atoms in total. The molecule has 0 amide bonds. The molecule has 0 spiro atoms. The normalized spacial score (nSPS) is 20.2. The van der Waals surface area contributed by atoms with Gasteiger partial charge < -0.3 is 9.16 Å². The van der Waals surface area contributed by atoms with E-state index in [1.807, 2.05) is 6.92 Å². The van der Waals surface area contributed by atoms with Crippen LogP contribution in [0.15, 0.2) is 24.3 Å². The van der Waals surface area contributed by atoms with Gasteiger partial charge in [0, 0.05) is 0 Å². The van der Waals surface area contributed by atoms with Crippen molar-refractivity contribution in [1.82, 2.24) is 0 Å². The van der Waals surface area contributed by atoms with Crippen LogP contribution in [-0.2, 0) is 14.0 Å². The van der Waals surface area contributed by atoms with E-state index in [1.54, 1.807) is 6.08 Å². The van der Waals surface area contributed by atoms with Crippen LogP contribution in [0.4, 0.5) is 0 Å². The molecule has 0 radical (unpaired) electrons. The zero-order valence-electron chi connectivity index (χ0n) is 16.9. The van der Waals surface area contributed by atoms with Crippen molar-refractivity contribution in [2.45, 2.75) is 84.0 Å². The van der Waals surface area contributed by atoms with Gasteiger partial charge in [-0.25, -0.2) is 0 Å². The van der Waals surface area contributed by atoms with Crippen molar-refractivity contribution in [2.75, 3.05) is 7.11 Å². The zero-order chi connectivity index (χ0) is 18.8. The van der Waals surface area contributed by atoms with Crippen LogP contribution in [0, 0.1) is 5.41 Å². The first kappa shape index (κ1) is 21.2. The molecule has 1 aliphatic carbocycles. The first-order valence-corrected chi connectivity index (χ1v) is 11.8. The first-order valence-electron chi connectivity index (χ1n) is 8.90. The maximum Gasteiger partial charge on any atom is 0.312 e. The summed E-state index contributed by atoms with van der Waals surface area (Å²) in [5, 5.41) is 0.201. The Morgan fingerprint density at radius 2 is 1.75 bits per heavy atom. The van der Waals surface area contributed by atoms with Gasteiger partial charge in [0.15, 0.2) is 8.32 Å². The minimum absolute atomic E-state index is 0.103. The third-order valence-corrected chi connectivity index (χ3v) is 10.3. The summed E-state index contributed by atoms with van der Waals surface area (Å²) in [5.74, 6) is -0.179. The highest BCUT2D eigenvalue weighted by molar-refractivity contribution is 6.74. The molecule has 24 heavy (non-hydrogen) atoms. The lowest BCUT2D eigenvalue weighted by Gasteiger charge is -2.40. The fourth-order valence-electron chi connectivity index (χ4n) is 2.71. The number of rotatable bonds is 8. The Morgan fingerprint density at radius 1 is 1.21 bits per heavy atom. The van der Waals surface area contributed by atoms with Gasteiger partial charge in [-0.2, -0.15) is 0 Å².